The number of H-pyrrole nitrogens is 1. The molecule has 1 atom stereocenters. The van der Waals surface area contributed by atoms with Crippen LogP contribution in [0.4, 0.5) is 10.5 Å². The number of carbonyl (C=O) groups excluding carboxylic acids is 1. The molecule has 2 aromatic carbocycles. The minimum Gasteiger partial charge on any atom is -0.444 e. The number of nitrogens with zero attached hydrogens (tertiary/aromatic N) is 2. The monoisotopic (exact) mass is 412 g/mol. The third-order valence-electron chi connectivity index (χ3n) is 4.11. The van der Waals surface area contributed by atoms with Crippen LogP contribution in [0.15, 0.2) is 48.5 Å². The molecule has 0 aliphatic rings. The number of carbonyl (C=O) groups is 1. The van der Waals surface area contributed by atoms with Gasteiger partial charge in [0.1, 0.15) is 17.5 Å². The summed E-state index contributed by atoms with van der Waals surface area (Å²) < 4.78 is 11.1. The SMILES string of the molecule is CC(C)(C)OC(=O)NC(COCc1ccccc1)c1nc2ccc([N+](=O)[O-])cc2[nH]1. The van der Waals surface area contributed by atoms with E-state index in [1.807, 2.05) is 30.3 Å². The van der Waals surface area contributed by atoms with Crippen LogP contribution in [0.3, 0.4) is 0 Å². The van der Waals surface area contributed by atoms with Crippen LogP contribution in [-0.2, 0) is 16.1 Å². The van der Waals surface area contributed by atoms with Crippen molar-refractivity contribution in [1.82, 2.24) is 15.3 Å². The Morgan fingerprint density at radius 3 is 2.63 bits per heavy atom. The Hall–Kier alpha value is -3.46. The molecule has 0 fully saturated rings. The van der Waals surface area contributed by atoms with E-state index >= 15 is 0 Å². The van der Waals surface area contributed by atoms with Crippen LogP contribution < -0.4 is 5.32 Å². The van der Waals surface area contributed by atoms with E-state index in [2.05, 4.69) is 15.3 Å². The number of benzene rings is 2. The third-order valence-corrected chi connectivity index (χ3v) is 4.11. The zero-order valence-electron chi connectivity index (χ0n) is 17.0. The number of aromatic amines is 1. The van der Waals surface area contributed by atoms with Crippen LogP contribution in [0.1, 0.15) is 38.2 Å². The summed E-state index contributed by atoms with van der Waals surface area (Å²) in [6.07, 6.45) is -0.609. The van der Waals surface area contributed by atoms with E-state index in [0.29, 0.717) is 23.5 Å². The number of aromatic nitrogens is 2. The molecule has 0 spiro atoms. The zero-order chi connectivity index (χ0) is 21.7. The summed E-state index contributed by atoms with van der Waals surface area (Å²) in [5.74, 6) is 0.421. The number of nitrogens with one attached hydrogen (secondary N) is 2. The van der Waals surface area contributed by atoms with Crippen molar-refractivity contribution in [2.45, 2.75) is 39.0 Å². The van der Waals surface area contributed by atoms with Gasteiger partial charge in [-0.1, -0.05) is 30.3 Å². The molecule has 2 N–H and O–H groups in total. The Morgan fingerprint density at radius 2 is 1.97 bits per heavy atom. The van der Waals surface area contributed by atoms with E-state index in [0.717, 1.165) is 5.56 Å². The molecule has 0 radical (unpaired) electrons. The highest BCUT2D eigenvalue weighted by atomic mass is 16.6. The van der Waals surface area contributed by atoms with Crippen molar-refractivity contribution in [3.63, 3.8) is 0 Å². The summed E-state index contributed by atoms with van der Waals surface area (Å²) in [6, 6.07) is 13.4. The average Bonchev–Trinajstić information content (AvgIpc) is 3.09. The van der Waals surface area contributed by atoms with Gasteiger partial charge in [-0.05, 0) is 32.4 Å². The van der Waals surface area contributed by atoms with E-state index in [9.17, 15) is 14.9 Å². The van der Waals surface area contributed by atoms with Crippen molar-refractivity contribution in [3.8, 4) is 0 Å². The van der Waals surface area contributed by atoms with Crippen LogP contribution in [-0.4, -0.2) is 33.2 Å². The minimum absolute atomic E-state index is 0.0466. The number of alkyl carbamates (subject to hydrolysis) is 1. The number of hydrogen-bond donors (Lipinski definition) is 2. The number of amides is 1. The highest BCUT2D eigenvalue weighted by molar-refractivity contribution is 5.78. The second-order valence-corrected chi connectivity index (χ2v) is 7.78. The van der Waals surface area contributed by atoms with Gasteiger partial charge in [-0.3, -0.25) is 10.1 Å². The maximum Gasteiger partial charge on any atom is 0.408 e. The molecule has 0 saturated heterocycles. The molecule has 0 bridgehead atoms. The van der Waals surface area contributed by atoms with Gasteiger partial charge in [-0.2, -0.15) is 0 Å². The lowest BCUT2D eigenvalue weighted by molar-refractivity contribution is -0.384. The summed E-state index contributed by atoms with van der Waals surface area (Å²) in [6.45, 7) is 5.81. The molecule has 1 heterocycles. The number of fused-ring (bicyclic) bond motifs is 1. The summed E-state index contributed by atoms with van der Waals surface area (Å²) >= 11 is 0. The van der Waals surface area contributed by atoms with Crippen molar-refractivity contribution in [2.75, 3.05) is 6.61 Å². The topological polar surface area (TPSA) is 119 Å². The molecular formula is C21H24N4O5. The first-order valence-corrected chi connectivity index (χ1v) is 9.46. The van der Waals surface area contributed by atoms with Gasteiger partial charge in [0.15, 0.2) is 0 Å². The maximum absolute atomic E-state index is 12.3. The predicted molar refractivity (Wildman–Crippen MR) is 111 cm³/mol. The van der Waals surface area contributed by atoms with Gasteiger partial charge in [0.25, 0.3) is 5.69 Å². The standard InChI is InChI=1S/C21H24N4O5/c1-21(2,3)30-20(26)24-18(13-29-12-14-7-5-4-6-8-14)19-22-16-10-9-15(25(27)28)11-17(16)23-19/h4-11,18H,12-13H2,1-3H3,(H,22,23)(H,24,26). The molecular weight excluding hydrogens is 388 g/mol. The van der Waals surface area contributed by atoms with Crippen LogP contribution in [0.5, 0.6) is 0 Å². The Morgan fingerprint density at radius 1 is 1.23 bits per heavy atom. The van der Waals surface area contributed by atoms with Crippen molar-refractivity contribution < 1.29 is 19.2 Å². The lowest BCUT2D eigenvalue weighted by Crippen LogP contribution is -2.37. The first kappa shape index (κ1) is 21.3. The predicted octanol–water partition coefficient (Wildman–Crippen LogP) is 4.25. The van der Waals surface area contributed by atoms with Crippen molar-refractivity contribution in [3.05, 3.63) is 70.0 Å². The average molecular weight is 412 g/mol. The first-order chi connectivity index (χ1) is 14.2. The van der Waals surface area contributed by atoms with Gasteiger partial charge in [0.05, 0.1) is 29.2 Å². The summed E-state index contributed by atoms with van der Waals surface area (Å²) in [7, 11) is 0. The highest BCUT2D eigenvalue weighted by Crippen LogP contribution is 2.22. The lowest BCUT2D eigenvalue weighted by Gasteiger charge is -2.23. The van der Waals surface area contributed by atoms with Gasteiger partial charge in [0.2, 0.25) is 0 Å². The van der Waals surface area contributed by atoms with Gasteiger partial charge in [-0.25, -0.2) is 9.78 Å². The molecule has 0 saturated carbocycles. The van der Waals surface area contributed by atoms with E-state index in [1.54, 1.807) is 26.8 Å². The number of imidazole rings is 1. The number of ether oxygens (including phenoxy) is 2. The van der Waals surface area contributed by atoms with E-state index in [4.69, 9.17) is 9.47 Å². The van der Waals surface area contributed by atoms with Crippen LogP contribution >= 0.6 is 0 Å². The maximum atomic E-state index is 12.3. The van der Waals surface area contributed by atoms with Gasteiger partial charge >= 0.3 is 6.09 Å². The fraction of sp³-hybridized carbons (Fsp3) is 0.333. The van der Waals surface area contributed by atoms with Crippen molar-refractivity contribution >= 4 is 22.8 Å². The third kappa shape index (κ3) is 5.77. The second kappa shape index (κ2) is 8.91. The Balaban J connectivity index is 1.79. The number of hydrogen-bond acceptors (Lipinski definition) is 6. The Bertz CT molecular complexity index is 1030. The molecule has 1 unspecified atom stereocenters. The van der Waals surface area contributed by atoms with Gasteiger partial charge in [-0.15, -0.1) is 0 Å². The molecule has 1 aromatic heterocycles. The normalized spacial score (nSPS) is 12.5. The fourth-order valence-corrected chi connectivity index (χ4v) is 2.80. The molecule has 0 aliphatic carbocycles. The Labute approximate surface area is 173 Å². The molecule has 9 nitrogen and oxygen atoms in total. The smallest absolute Gasteiger partial charge is 0.408 e. The van der Waals surface area contributed by atoms with E-state index in [-0.39, 0.29) is 12.3 Å². The lowest BCUT2D eigenvalue weighted by atomic mass is 10.2. The van der Waals surface area contributed by atoms with E-state index in [1.165, 1.54) is 12.1 Å². The number of rotatable bonds is 7. The summed E-state index contributed by atoms with van der Waals surface area (Å²) in [5, 5.41) is 13.8. The Kier molecular flexibility index (Phi) is 6.31. The minimum atomic E-state index is -0.659. The number of non-ortho nitro benzene ring substituents is 1. The van der Waals surface area contributed by atoms with Gasteiger partial charge < -0.3 is 19.8 Å². The molecule has 30 heavy (non-hydrogen) atoms. The molecule has 3 rings (SSSR count). The first-order valence-electron chi connectivity index (χ1n) is 9.46. The molecule has 1 amide bonds. The quantitative estimate of drug-likeness (QED) is 0.442. The van der Waals surface area contributed by atoms with Crippen LogP contribution in [0.25, 0.3) is 11.0 Å². The summed E-state index contributed by atoms with van der Waals surface area (Å²) in [4.78, 5) is 30.4. The van der Waals surface area contributed by atoms with Crippen molar-refractivity contribution in [1.29, 1.82) is 0 Å². The zero-order valence-corrected chi connectivity index (χ0v) is 17.0. The summed E-state index contributed by atoms with van der Waals surface area (Å²) in [5.41, 5.74) is 1.34. The number of nitro benzene ring substituents is 1. The fourth-order valence-electron chi connectivity index (χ4n) is 2.80. The molecule has 158 valence electrons. The second-order valence-electron chi connectivity index (χ2n) is 7.78. The van der Waals surface area contributed by atoms with Gasteiger partial charge in [0, 0.05) is 12.1 Å². The molecule has 9 heteroatoms. The van der Waals surface area contributed by atoms with Crippen LogP contribution in [0, 0.1) is 10.1 Å². The molecule has 3 aromatic rings. The molecule has 0 aliphatic heterocycles. The van der Waals surface area contributed by atoms with Crippen LogP contribution in [0.2, 0.25) is 0 Å². The van der Waals surface area contributed by atoms with E-state index < -0.39 is 22.7 Å². The van der Waals surface area contributed by atoms with Crippen molar-refractivity contribution in [2.24, 2.45) is 0 Å². The largest absolute Gasteiger partial charge is 0.444 e. The highest BCUT2D eigenvalue weighted by Gasteiger charge is 2.23. The number of nitro groups is 1.